The average Bonchev–Trinajstić information content (AvgIpc) is 2.61. The van der Waals surface area contributed by atoms with Gasteiger partial charge in [-0.2, -0.15) is 0 Å². The van der Waals surface area contributed by atoms with Crippen molar-refractivity contribution in [2.45, 2.75) is 58.7 Å². The van der Waals surface area contributed by atoms with Crippen LogP contribution in [0.15, 0.2) is 36.0 Å². The highest BCUT2D eigenvalue weighted by atomic mass is 16.5. The molecule has 0 radical (unpaired) electrons. The van der Waals surface area contributed by atoms with Gasteiger partial charge in [0.1, 0.15) is 0 Å². The van der Waals surface area contributed by atoms with Gasteiger partial charge in [0.05, 0.1) is 11.7 Å². The highest BCUT2D eigenvalue weighted by molar-refractivity contribution is 5.13. The predicted molar refractivity (Wildman–Crippen MR) is 70.5 cm³/mol. The van der Waals surface area contributed by atoms with Crippen molar-refractivity contribution in [2.75, 3.05) is 0 Å². The van der Waals surface area contributed by atoms with E-state index < -0.39 is 0 Å². The van der Waals surface area contributed by atoms with Gasteiger partial charge in [0.2, 0.25) is 0 Å². The molecule has 0 aliphatic carbocycles. The summed E-state index contributed by atoms with van der Waals surface area (Å²) in [5, 5.41) is 0. The zero-order valence-electron chi connectivity index (χ0n) is 11.0. The molecule has 0 aromatic rings. The summed E-state index contributed by atoms with van der Waals surface area (Å²) in [6.07, 6.45) is 9.93. The number of rotatable bonds is 4. The molecular weight excluding hydrogens is 196 g/mol. The van der Waals surface area contributed by atoms with Gasteiger partial charge in [-0.3, -0.25) is 0 Å². The molecule has 1 unspecified atom stereocenters. The van der Waals surface area contributed by atoms with Crippen LogP contribution in [-0.4, -0.2) is 11.7 Å². The normalized spacial score (nSPS) is 30.2. The van der Waals surface area contributed by atoms with E-state index in [1.54, 1.807) is 0 Å². The molecule has 0 aromatic carbocycles. The standard InChI is InChI=1S/C15H24O/c1-6-15(5)11-10-14(16-15)13(4)9-7-8-12(2)3/h6,8-9,14H,1,7,10-11H2,2-5H3/b13-9+/t14?,15-/m1/s1. The van der Waals surface area contributed by atoms with E-state index >= 15 is 0 Å². The molecule has 1 nitrogen and oxygen atoms in total. The SMILES string of the molecule is C=C[C@]1(C)CCC(/C(C)=C/CC=C(C)C)O1. The lowest BCUT2D eigenvalue weighted by Crippen LogP contribution is -2.21. The maximum atomic E-state index is 6.01. The first-order chi connectivity index (χ1) is 7.47. The lowest BCUT2D eigenvalue weighted by Gasteiger charge is -2.20. The lowest BCUT2D eigenvalue weighted by atomic mass is 10.0. The second-order valence-corrected chi connectivity index (χ2v) is 5.13. The highest BCUT2D eigenvalue weighted by Crippen LogP contribution is 2.34. The van der Waals surface area contributed by atoms with Crippen LogP contribution in [0.2, 0.25) is 0 Å². The Hall–Kier alpha value is -0.820. The molecule has 0 saturated carbocycles. The third kappa shape index (κ3) is 3.64. The zero-order valence-corrected chi connectivity index (χ0v) is 11.0. The van der Waals surface area contributed by atoms with E-state index in [4.69, 9.17) is 4.74 Å². The van der Waals surface area contributed by atoms with Gasteiger partial charge in [-0.15, -0.1) is 6.58 Å². The third-order valence-corrected chi connectivity index (χ3v) is 3.22. The molecule has 0 aromatic heterocycles. The Kier molecular flexibility index (Phi) is 4.55. The second kappa shape index (κ2) is 5.49. The maximum absolute atomic E-state index is 6.01. The molecule has 16 heavy (non-hydrogen) atoms. The van der Waals surface area contributed by atoms with Crippen LogP contribution in [0.1, 0.15) is 47.0 Å². The Labute approximate surface area is 99.9 Å². The molecule has 2 atom stereocenters. The van der Waals surface area contributed by atoms with Crippen LogP contribution in [0.5, 0.6) is 0 Å². The molecule has 1 heteroatoms. The lowest BCUT2D eigenvalue weighted by molar-refractivity contribution is 0.0221. The third-order valence-electron chi connectivity index (χ3n) is 3.22. The van der Waals surface area contributed by atoms with Crippen LogP contribution in [0.3, 0.4) is 0 Å². The van der Waals surface area contributed by atoms with Crippen molar-refractivity contribution in [3.05, 3.63) is 36.0 Å². The first kappa shape index (κ1) is 13.2. The fourth-order valence-corrected chi connectivity index (χ4v) is 1.94. The van der Waals surface area contributed by atoms with Gasteiger partial charge in [-0.05, 0) is 52.5 Å². The smallest absolute Gasteiger partial charge is 0.0841 e. The fourth-order valence-electron chi connectivity index (χ4n) is 1.94. The van der Waals surface area contributed by atoms with Gasteiger partial charge in [-0.1, -0.05) is 23.8 Å². The van der Waals surface area contributed by atoms with Crippen molar-refractivity contribution in [2.24, 2.45) is 0 Å². The average molecular weight is 220 g/mol. The molecule has 1 aliphatic heterocycles. The zero-order chi connectivity index (χ0) is 12.2. The number of hydrogen-bond acceptors (Lipinski definition) is 1. The Morgan fingerprint density at radius 1 is 1.38 bits per heavy atom. The van der Waals surface area contributed by atoms with Crippen LogP contribution in [-0.2, 0) is 4.74 Å². The van der Waals surface area contributed by atoms with E-state index in [0.717, 1.165) is 19.3 Å². The van der Waals surface area contributed by atoms with Crippen LogP contribution in [0.25, 0.3) is 0 Å². The molecule has 1 fully saturated rings. The van der Waals surface area contributed by atoms with Gasteiger partial charge < -0.3 is 4.74 Å². The Morgan fingerprint density at radius 3 is 2.56 bits per heavy atom. The summed E-state index contributed by atoms with van der Waals surface area (Å²) in [6, 6.07) is 0. The summed E-state index contributed by atoms with van der Waals surface area (Å²) in [7, 11) is 0. The molecule has 1 heterocycles. The van der Waals surface area contributed by atoms with Gasteiger partial charge in [0.25, 0.3) is 0 Å². The number of hydrogen-bond donors (Lipinski definition) is 0. The van der Waals surface area contributed by atoms with E-state index in [0.29, 0.717) is 0 Å². The van der Waals surface area contributed by atoms with Crippen LogP contribution < -0.4 is 0 Å². The predicted octanol–water partition coefficient (Wildman–Crippen LogP) is 4.41. The van der Waals surface area contributed by atoms with Crippen LogP contribution >= 0.6 is 0 Å². The van der Waals surface area contributed by atoms with Gasteiger partial charge in [0, 0.05) is 0 Å². The topological polar surface area (TPSA) is 9.23 Å². The van der Waals surface area contributed by atoms with Crippen molar-refractivity contribution >= 4 is 0 Å². The minimum atomic E-state index is -0.115. The molecule has 0 amide bonds. The Morgan fingerprint density at radius 2 is 2.06 bits per heavy atom. The minimum absolute atomic E-state index is 0.115. The monoisotopic (exact) mass is 220 g/mol. The van der Waals surface area contributed by atoms with Gasteiger partial charge in [-0.25, -0.2) is 0 Å². The maximum Gasteiger partial charge on any atom is 0.0841 e. The van der Waals surface area contributed by atoms with Crippen LogP contribution in [0, 0.1) is 0 Å². The molecule has 1 rings (SSSR count). The van der Waals surface area contributed by atoms with Crippen molar-refractivity contribution in [1.29, 1.82) is 0 Å². The summed E-state index contributed by atoms with van der Waals surface area (Å²) >= 11 is 0. The summed E-state index contributed by atoms with van der Waals surface area (Å²) in [5.74, 6) is 0. The highest BCUT2D eigenvalue weighted by Gasteiger charge is 2.33. The minimum Gasteiger partial charge on any atom is -0.364 e. The summed E-state index contributed by atoms with van der Waals surface area (Å²) < 4.78 is 6.01. The number of allylic oxidation sites excluding steroid dienone is 3. The summed E-state index contributed by atoms with van der Waals surface area (Å²) in [4.78, 5) is 0. The van der Waals surface area contributed by atoms with E-state index in [1.165, 1.54) is 11.1 Å². The summed E-state index contributed by atoms with van der Waals surface area (Å²) in [5.41, 5.74) is 2.60. The van der Waals surface area contributed by atoms with Gasteiger partial charge in [0.15, 0.2) is 0 Å². The van der Waals surface area contributed by atoms with Crippen molar-refractivity contribution in [1.82, 2.24) is 0 Å². The quantitative estimate of drug-likeness (QED) is 0.637. The Bertz CT molecular complexity index is 307. The van der Waals surface area contributed by atoms with Crippen molar-refractivity contribution < 1.29 is 4.74 Å². The van der Waals surface area contributed by atoms with Crippen LogP contribution in [0.4, 0.5) is 0 Å². The Balaban J connectivity index is 2.53. The van der Waals surface area contributed by atoms with E-state index in [-0.39, 0.29) is 11.7 Å². The summed E-state index contributed by atoms with van der Waals surface area (Å²) in [6.45, 7) is 12.4. The number of ether oxygens (including phenoxy) is 1. The molecular formula is C15H24O. The molecule has 90 valence electrons. The van der Waals surface area contributed by atoms with E-state index in [1.807, 2.05) is 6.08 Å². The largest absolute Gasteiger partial charge is 0.364 e. The first-order valence-corrected chi connectivity index (χ1v) is 6.08. The molecule has 0 bridgehead atoms. The first-order valence-electron chi connectivity index (χ1n) is 6.08. The molecule has 0 spiro atoms. The molecule has 0 N–H and O–H groups in total. The fraction of sp³-hybridized carbons (Fsp3) is 0.600. The van der Waals surface area contributed by atoms with Crippen molar-refractivity contribution in [3.63, 3.8) is 0 Å². The van der Waals surface area contributed by atoms with Gasteiger partial charge >= 0.3 is 0 Å². The molecule has 1 saturated heterocycles. The van der Waals surface area contributed by atoms with E-state index in [2.05, 4.69) is 46.4 Å². The van der Waals surface area contributed by atoms with E-state index in [9.17, 15) is 0 Å². The second-order valence-electron chi connectivity index (χ2n) is 5.13. The molecule has 1 aliphatic rings. The van der Waals surface area contributed by atoms with Crippen molar-refractivity contribution in [3.8, 4) is 0 Å².